The summed E-state index contributed by atoms with van der Waals surface area (Å²) < 4.78 is 6.47. The highest BCUT2D eigenvalue weighted by atomic mass is 32.1. The van der Waals surface area contributed by atoms with Gasteiger partial charge in [-0.2, -0.15) is 0 Å². The lowest BCUT2D eigenvalue weighted by molar-refractivity contribution is 0.102. The number of carbonyl (C=O) groups is 1. The molecule has 0 bridgehead atoms. The Morgan fingerprint density at radius 1 is 1.28 bits per heavy atom. The Bertz CT molecular complexity index is 1320. The van der Waals surface area contributed by atoms with E-state index in [4.69, 9.17) is 4.74 Å². The van der Waals surface area contributed by atoms with Crippen molar-refractivity contribution in [2.24, 2.45) is 0 Å². The van der Waals surface area contributed by atoms with Crippen LogP contribution in [0.3, 0.4) is 0 Å². The van der Waals surface area contributed by atoms with Gasteiger partial charge < -0.3 is 9.72 Å². The molecule has 0 spiro atoms. The summed E-state index contributed by atoms with van der Waals surface area (Å²) in [6.07, 6.45) is 2.61. The third-order valence-corrected chi connectivity index (χ3v) is 6.15. The Morgan fingerprint density at radius 2 is 2.17 bits per heavy atom. The van der Waals surface area contributed by atoms with Gasteiger partial charge in [-0.25, -0.2) is 4.98 Å². The van der Waals surface area contributed by atoms with Crippen LogP contribution in [0.15, 0.2) is 41.2 Å². The van der Waals surface area contributed by atoms with Crippen molar-refractivity contribution < 1.29 is 9.53 Å². The van der Waals surface area contributed by atoms with Crippen LogP contribution >= 0.6 is 11.3 Å². The zero-order valence-corrected chi connectivity index (χ0v) is 16.7. The van der Waals surface area contributed by atoms with Gasteiger partial charge in [0.15, 0.2) is 10.6 Å². The van der Waals surface area contributed by atoms with Gasteiger partial charge in [0.05, 0.1) is 27.9 Å². The van der Waals surface area contributed by atoms with Gasteiger partial charge in [0.1, 0.15) is 5.75 Å². The molecule has 0 unspecified atom stereocenters. The molecule has 0 saturated heterocycles. The standard InChI is InChI=1S/C22H19N3O3S/c1-2-28-12-9-10-17-18(11-12)29-22(24-17)25-21(27)15-7-3-6-14-19(15)23-16-8-4-5-13(16)20(14)26/h3,6-7,9-11H,2,4-5,8H2,1H3,(H,23,26)(H,24,25,27). The van der Waals surface area contributed by atoms with E-state index in [2.05, 4.69) is 15.3 Å². The molecule has 5 rings (SSSR count). The van der Waals surface area contributed by atoms with E-state index in [1.165, 1.54) is 11.3 Å². The molecular weight excluding hydrogens is 386 g/mol. The number of hydrogen-bond acceptors (Lipinski definition) is 5. The van der Waals surface area contributed by atoms with Crippen molar-refractivity contribution in [2.75, 3.05) is 11.9 Å². The maximum Gasteiger partial charge on any atom is 0.259 e. The zero-order valence-electron chi connectivity index (χ0n) is 15.9. The van der Waals surface area contributed by atoms with Crippen molar-refractivity contribution in [3.63, 3.8) is 0 Å². The average molecular weight is 405 g/mol. The zero-order chi connectivity index (χ0) is 20.0. The first-order valence-electron chi connectivity index (χ1n) is 9.65. The van der Waals surface area contributed by atoms with Crippen molar-refractivity contribution >= 4 is 43.5 Å². The van der Waals surface area contributed by atoms with Crippen LogP contribution in [0, 0.1) is 0 Å². The molecule has 4 aromatic rings. The van der Waals surface area contributed by atoms with Crippen LogP contribution in [0.1, 0.15) is 35.0 Å². The van der Waals surface area contributed by atoms with Gasteiger partial charge in [-0.05, 0) is 56.5 Å². The van der Waals surface area contributed by atoms with Gasteiger partial charge >= 0.3 is 0 Å². The number of ether oxygens (including phenoxy) is 1. The van der Waals surface area contributed by atoms with Gasteiger partial charge in [-0.15, -0.1) is 0 Å². The van der Waals surface area contributed by atoms with Crippen LogP contribution in [0.2, 0.25) is 0 Å². The number of hydrogen-bond donors (Lipinski definition) is 2. The summed E-state index contributed by atoms with van der Waals surface area (Å²) in [5, 5.41) is 3.96. The number of carbonyl (C=O) groups excluding carboxylic acids is 1. The number of benzene rings is 2. The molecule has 2 aromatic heterocycles. The van der Waals surface area contributed by atoms with Gasteiger partial charge in [-0.1, -0.05) is 17.4 Å². The number of nitrogens with one attached hydrogen (secondary N) is 2. The fraction of sp³-hybridized carbons (Fsp3) is 0.227. The first kappa shape index (κ1) is 17.9. The third kappa shape index (κ3) is 3.07. The van der Waals surface area contributed by atoms with E-state index in [0.29, 0.717) is 28.2 Å². The van der Waals surface area contributed by atoms with Crippen molar-refractivity contribution in [1.82, 2.24) is 9.97 Å². The van der Waals surface area contributed by atoms with E-state index < -0.39 is 0 Å². The molecular formula is C22H19N3O3S. The SMILES string of the molecule is CCOc1ccc2nc(NC(=O)c3cccc4c(=O)c5c([nH]c34)CCC5)sc2c1. The molecule has 2 N–H and O–H groups in total. The number of aromatic nitrogens is 2. The largest absolute Gasteiger partial charge is 0.494 e. The van der Waals surface area contributed by atoms with Crippen molar-refractivity contribution in [3.8, 4) is 5.75 Å². The Morgan fingerprint density at radius 3 is 3.03 bits per heavy atom. The lowest BCUT2D eigenvalue weighted by atomic mass is 10.1. The van der Waals surface area contributed by atoms with E-state index in [1.54, 1.807) is 18.2 Å². The Labute approximate surface area is 170 Å². The number of aromatic amines is 1. The fourth-order valence-corrected chi connectivity index (χ4v) is 4.78. The highest BCUT2D eigenvalue weighted by Crippen LogP contribution is 2.30. The van der Waals surface area contributed by atoms with Crippen molar-refractivity contribution in [3.05, 3.63) is 63.4 Å². The van der Waals surface area contributed by atoms with E-state index in [0.717, 1.165) is 46.5 Å². The number of aryl methyl sites for hydroxylation is 1. The quantitative estimate of drug-likeness (QED) is 0.531. The second kappa shape index (κ2) is 7.00. The summed E-state index contributed by atoms with van der Waals surface area (Å²) in [5.74, 6) is 0.496. The number of nitrogens with zero attached hydrogens (tertiary/aromatic N) is 1. The first-order valence-corrected chi connectivity index (χ1v) is 10.5. The molecule has 0 fully saturated rings. The van der Waals surface area contributed by atoms with E-state index in [-0.39, 0.29) is 11.3 Å². The highest BCUT2D eigenvalue weighted by Gasteiger charge is 2.20. The van der Waals surface area contributed by atoms with Crippen molar-refractivity contribution in [1.29, 1.82) is 0 Å². The molecule has 0 aliphatic heterocycles. The van der Waals surface area contributed by atoms with Crippen molar-refractivity contribution in [2.45, 2.75) is 26.2 Å². The summed E-state index contributed by atoms with van der Waals surface area (Å²) in [4.78, 5) is 33.6. The number of anilines is 1. The minimum absolute atomic E-state index is 0.0318. The van der Waals surface area contributed by atoms with Gasteiger partial charge in [0.25, 0.3) is 5.91 Å². The minimum atomic E-state index is -0.284. The van der Waals surface area contributed by atoms with Crippen LogP contribution in [0.5, 0.6) is 5.75 Å². The van der Waals surface area contributed by atoms with Gasteiger partial charge in [0, 0.05) is 16.6 Å². The second-order valence-electron chi connectivity index (χ2n) is 7.03. The van der Waals surface area contributed by atoms with Crippen LogP contribution < -0.4 is 15.5 Å². The lowest BCUT2D eigenvalue weighted by Crippen LogP contribution is -2.16. The molecule has 1 amide bonds. The molecule has 146 valence electrons. The summed E-state index contributed by atoms with van der Waals surface area (Å²) in [6.45, 7) is 2.53. The van der Waals surface area contributed by atoms with Crippen LogP contribution in [-0.2, 0) is 12.8 Å². The second-order valence-corrected chi connectivity index (χ2v) is 8.06. The van der Waals surface area contributed by atoms with Gasteiger partial charge in [-0.3, -0.25) is 14.9 Å². The Hall–Kier alpha value is -3.19. The molecule has 0 radical (unpaired) electrons. The number of para-hydroxylation sites is 1. The third-order valence-electron chi connectivity index (χ3n) is 5.21. The van der Waals surface area contributed by atoms with E-state index in [9.17, 15) is 9.59 Å². The molecule has 2 aromatic carbocycles. The molecule has 7 heteroatoms. The number of rotatable bonds is 4. The number of fused-ring (bicyclic) bond motifs is 3. The Kier molecular flexibility index (Phi) is 4.32. The highest BCUT2D eigenvalue weighted by molar-refractivity contribution is 7.22. The van der Waals surface area contributed by atoms with Crippen LogP contribution in [0.4, 0.5) is 5.13 Å². The molecule has 29 heavy (non-hydrogen) atoms. The smallest absolute Gasteiger partial charge is 0.259 e. The number of amides is 1. The molecule has 0 saturated carbocycles. The monoisotopic (exact) mass is 405 g/mol. The summed E-state index contributed by atoms with van der Waals surface area (Å²) in [6, 6.07) is 10.9. The normalized spacial score (nSPS) is 13.0. The molecule has 0 atom stereocenters. The van der Waals surface area contributed by atoms with Crippen LogP contribution in [0.25, 0.3) is 21.1 Å². The lowest BCUT2D eigenvalue weighted by Gasteiger charge is -2.08. The average Bonchev–Trinajstić information content (AvgIpc) is 3.34. The molecule has 1 aliphatic carbocycles. The molecule has 2 heterocycles. The fourth-order valence-electron chi connectivity index (χ4n) is 3.89. The van der Waals surface area contributed by atoms with E-state index >= 15 is 0 Å². The summed E-state index contributed by atoms with van der Waals surface area (Å²) in [7, 11) is 0. The number of H-pyrrole nitrogens is 1. The summed E-state index contributed by atoms with van der Waals surface area (Å²) >= 11 is 1.39. The first-order chi connectivity index (χ1) is 14.1. The number of thiazole rings is 1. The predicted octanol–water partition coefficient (Wildman–Crippen LogP) is 4.28. The predicted molar refractivity (Wildman–Crippen MR) is 115 cm³/mol. The molecule has 1 aliphatic rings. The minimum Gasteiger partial charge on any atom is -0.494 e. The Balaban J connectivity index is 1.51. The van der Waals surface area contributed by atoms with E-state index in [1.807, 2.05) is 25.1 Å². The maximum absolute atomic E-state index is 13.0. The summed E-state index contributed by atoms with van der Waals surface area (Å²) in [5.41, 5.74) is 3.68. The topological polar surface area (TPSA) is 84.1 Å². The number of pyridine rings is 1. The maximum atomic E-state index is 13.0. The molecule has 6 nitrogen and oxygen atoms in total. The van der Waals surface area contributed by atoms with Crippen LogP contribution in [-0.4, -0.2) is 22.5 Å². The van der Waals surface area contributed by atoms with Gasteiger partial charge in [0.2, 0.25) is 0 Å².